The van der Waals surface area contributed by atoms with Crippen LogP contribution in [-0.2, 0) is 10.0 Å². The Kier molecular flexibility index (Phi) is 3.70. The fraction of sp³-hybridized carbons (Fsp3) is 0.250. The van der Waals surface area contributed by atoms with Gasteiger partial charge >= 0.3 is 0 Å². The quantitative estimate of drug-likeness (QED) is 0.766. The van der Waals surface area contributed by atoms with Crippen molar-refractivity contribution in [1.82, 2.24) is 19.3 Å². The first-order chi connectivity index (χ1) is 11.7. The Hall–Kier alpha value is -2.45. The molecule has 4 rings (SSSR count). The second-order valence-electron chi connectivity index (χ2n) is 5.60. The van der Waals surface area contributed by atoms with Crippen LogP contribution in [0.2, 0.25) is 0 Å². The molecule has 1 aromatic carbocycles. The molecule has 2 aromatic heterocycles. The van der Waals surface area contributed by atoms with E-state index in [1.165, 1.54) is 10.3 Å². The molecule has 1 fully saturated rings. The van der Waals surface area contributed by atoms with Crippen molar-refractivity contribution >= 4 is 26.9 Å². The summed E-state index contributed by atoms with van der Waals surface area (Å²) in [5.74, 6) is 0.732. The minimum absolute atomic E-state index is 0.241. The molecular weight excluding hydrogens is 326 g/mol. The molecule has 0 aliphatic carbocycles. The number of imidazole rings is 1. The van der Waals surface area contributed by atoms with Crippen molar-refractivity contribution in [3.05, 3.63) is 48.9 Å². The average Bonchev–Trinajstić information content (AvgIpc) is 3.08. The molecule has 1 N–H and O–H groups in total. The van der Waals surface area contributed by atoms with Crippen LogP contribution in [0.5, 0.6) is 0 Å². The summed E-state index contributed by atoms with van der Waals surface area (Å²) in [6.07, 6.45) is 3.00. The van der Waals surface area contributed by atoms with Gasteiger partial charge in [-0.15, -0.1) is 0 Å². The smallest absolute Gasteiger partial charge is 0.269 e. The van der Waals surface area contributed by atoms with E-state index in [1.807, 2.05) is 0 Å². The number of piperazine rings is 1. The molecule has 1 saturated heterocycles. The number of hydrogen-bond donors (Lipinski definition) is 1. The molecule has 3 aromatic rings. The van der Waals surface area contributed by atoms with Crippen molar-refractivity contribution in [1.29, 1.82) is 0 Å². The van der Waals surface area contributed by atoms with Gasteiger partial charge in [-0.3, -0.25) is 0 Å². The zero-order chi connectivity index (χ0) is 16.6. The monoisotopic (exact) mass is 343 g/mol. The van der Waals surface area contributed by atoms with Crippen LogP contribution in [-0.4, -0.2) is 48.5 Å². The molecule has 0 unspecified atom stereocenters. The number of anilines is 1. The van der Waals surface area contributed by atoms with Gasteiger partial charge in [0.1, 0.15) is 11.8 Å². The number of pyridine rings is 1. The van der Waals surface area contributed by atoms with Crippen LogP contribution >= 0.6 is 0 Å². The van der Waals surface area contributed by atoms with E-state index in [-0.39, 0.29) is 4.90 Å². The number of aromatic nitrogens is 3. The van der Waals surface area contributed by atoms with Gasteiger partial charge in [-0.1, -0.05) is 18.2 Å². The highest BCUT2D eigenvalue weighted by atomic mass is 32.2. The van der Waals surface area contributed by atoms with Gasteiger partial charge in [0, 0.05) is 32.4 Å². The third kappa shape index (κ3) is 2.44. The van der Waals surface area contributed by atoms with Crippen molar-refractivity contribution in [2.75, 3.05) is 31.1 Å². The molecule has 8 heteroatoms. The summed E-state index contributed by atoms with van der Waals surface area (Å²) in [6.45, 7) is 3.40. The average molecular weight is 343 g/mol. The largest absolute Gasteiger partial charge is 0.352 e. The van der Waals surface area contributed by atoms with E-state index in [4.69, 9.17) is 0 Å². The lowest BCUT2D eigenvalue weighted by molar-refractivity contribution is 0.586. The number of benzene rings is 1. The van der Waals surface area contributed by atoms with Gasteiger partial charge < -0.3 is 10.2 Å². The highest BCUT2D eigenvalue weighted by Crippen LogP contribution is 2.26. The van der Waals surface area contributed by atoms with Crippen molar-refractivity contribution < 1.29 is 8.42 Å². The minimum Gasteiger partial charge on any atom is -0.352 e. The molecule has 7 nitrogen and oxygen atoms in total. The lowest BCUT2D eigenvalue weighted by Crippen LogP contribution is -2.44. The number of rotatable bonds is 3. The molecule has 0 atom stereocenters. The first-order valence-electron chi connectivity index (χ1n) is 7.76. The zero-order valence-corrected chi connectivity index (χ0v) is 13.8. The van der Waals surface area contributed by atoms with Gasteiger partial charge in [0.05, 0.1) is 10.4 Å². The van der Waals surface area contributed by atoms with Gasteiger partial charge in [0.15, 0.2) is 5.82 Å². The predicted molar refractivity (Wildman–Crippen MR) is 91.6 cm³/mol. The summed E-state index contributed by atoms with van der Waals surface area (Å²) in [4.78, 5) is 11.1. The first-order valence-corrected chi connectivity index (χ1v) is 9.20. The van der Waals surface area contributed by atoms with Gasteiger partial charge in [-0.25, -0.2) is 22.4 Å². The molecule has 124 valence electrons. The van der Waals surface area contributed by atoms with E-state index in [2.05, 4.69) is 20.2 Å². The normalized spacial score (nSPS) is 15.8. The molecule has 0 saturated carbocycles. The maximum absolute atomic E-state index is 12.9. The molecule has 0 spiro atoms. The molecular formula is C16H17N5O2S. The summed E-state index contributed by atoms with van der Waals surface area (Å²) in [5.41, 5.74) is 1.15. The zero-order valence-electron chi connectivity index (χ0n) is 13.0. The van der Waals surface area contributed by atoms with Crippen LogP contribution in [0.3, 0.4) is 0 Å². The second kappa shape index (κ2) is 5.88. The summed E-state index contributed by atoms with van der Waals surface area (Å²) in [6, 6.07) is 10.1. The molecule has 24 heavy (non-hydrogen) atoms. The third-order valence-electron chi connectivity index (χ3n) is 4.13. The lowest BCUT2D eigenvalue weighted by atomic mass is 10.3. The number of hydrogen-bond acceptors (Lipinski definition) is 6. The topological polar surface area (TPSA) is 80.1 Å². The molecule has 3 heterocycles. The van der Waals surface area contributed by atoms with E-state index < -0.39 is 10.0 Å². The fourth-order valence-corrected chi connectivity index (χ4v) is 4.22. The maximum Gasteiger partial charge on any atom is 0.269 e. The number of nitrogens with zero attached hydrogens (tertiary/aromatic N) is 4. The predicted octanol–water partition coefficient (Wildman–Crippen LogP) is 1.08. The van der Waals surface area contributed by atoms with Gasteiger partial charge in [-0.2, -0.15) is 0 Å². The maximum atomic E-state index is 12.9. The van der Waals surface area contributed by atoms with Gasteiger partial charge in [0.25, 0.3) is 10.0 Å². The Labute approximate surface area is 140 Å². The Bertz CT molecular complexity index is 963. The Morgan fingerprint density at radius 3 is 2.50 bits per heavy atom. The van der Waals surface area contributed by atoms with Crippen LogP contribution in [0.15, 0.2) is 53.8 Å². The van der Waals surface area contributed by atoms with Crippen LogP contribution in [0.4, 0.5) is 5.82 Å². The van der Waals surface area contributed by atoms with Crippen molar-refractivity contribution in [3.8, 4) is 0 Å². The van der Waals surface area contributed by atoms with E-state index in [0.29, 0.717) is 11.0 Å². The summed E-state index contributed by atoms with van der Waals surface area (Å²) >= 11 is 0. The highest BCUT2D eigenvalue weighted by molar-refractivity contribution is 7.90. The number of fused-ring (bicyclic) bond motifs is 1. The van der Waals surface area contributed by atoms with Crippen molar-refractivity contribution in [2.45, 2.75) is 4.90 Å². The number of nitrogens with one attached hydrogen (secondary N) is 1. The van der Waals surface area contributed by atoms with E-state index in [1.54, 1.807) is 42.6 Å². The van der Waals surface area contributed by atoms with E-state index in [9.17, 15) is 8.42 Å². The Morgan fingerprint density at radius 1 is 1.00 bits per heavy atom. The molecule has 1 aliphatic rings. The Morgan fingerprint density at radius 2 is 1.75 bits per heavy atom. The SMILES string of the molecule is O=S(=O)(c1ccccc1)n1cnc2c(N3CCNCC3)nccc21. The van der Waals surface area contributed by atoms with Crippen molar-refractivity contribution in [3.63, 3.8) is 0 Å². The fourth-order valence-electron chi connectivity index (χ4n) is 2.91. The summed E-state index contributed by atoms with van der Waals surface area (Å²) < 4.78 is 27.0. The van der Waals surface area contributed by atoms with Gasteiger partial charge in [-0.05, 0) is 18.2 Å². The summed E-state index contributed by atoms with van der Waals surface area (Å²) in [7, 11) is -3.67. The first kappa shape index (κ1) is 15.1. The van der Waals surface area contributed by atoms with Crippen LogP contribution in [0.1, 0.15) is 0 Å². The third-order valence-corrected chi connectivity index (χ3v) is 5.81. The Balaban J connectivity index is 1.84. The minimum atomic E-state index is -3.67. The second-order valence-corrected chi connectivity index (χ2v) is 7.41. The van der Waals surface area contributed by atoms with Crippen LogP contribution < -0.4 is 10.2 Å². The van der Waals surface area contributed by atoms with Crippen LogP contribution in [0, 0.1) is 0 Å². The van der Waals surface area contributed by atoms with E-state index in [0.717, 1.165) is 32.0 Å². The standard InChI is InChI=1S/C16H17N5O2S/c22-24(23,13-4-2-1-3-5-13)21-12-19-15-14(21)6-7-18-16(15)20-10-8-17-9-11-20/h1-7,12,17H,8-11H2. The molecule has 0 radical (unpaired) electrons. The lowest BCUT2D eigenvalue weighted by Gasteiger charge is -2.28. The van der Waals surface area contributed by atoms with Crippen molar-refractivity contribution in [2.24, 2.45) is 0 Å². The van der Waals surface area contributed by atoms with Gasteiger partial charge in [0.2, 0.25) is 0 Å². The van der Waals surface area contributed by atoms with Crippen LogP contribution in [0.25, 0.3) is 11.0 Å². The molecule has 1 aliphatic heterocycles. The summed E-state index contributed by atoms with van der Waals surface area (Å²) in [5, 5.41) is 3.29. The molecule has 0 amide bonds. The van der Waals surface area contributed by atoms with E-state index >= 15 is 0 Å². The molecule has 0 bridgehead atoms. The highest BCUT2D eigenvalue weighted by Gasteiger charge is 2.22.